The Morgan fingerprint density at radius 2 is 1.03 bits per heavy atom. The average molecular weight is 673 g/mol. The molecule has 3 aliphatic rings. The molecule has 0 spiro atoms. The zero-order valence-corrected chi connectivity index (χ0v) is 27.7. The van der Waals surface area contributed by atoms with Crippen LogP contribution in [0.3, 0.4) is 0 Å². The van der Waals surface area contributed by atoms with Gasteiger partial charge >= 0.3 is 240 Å². The minimum absolute atomic E-state index is 0.0813. The first-order chi connectivity index (χ1) is 18.7. The fourth-order valence-electron chi connectivity index (χ4n) is 8.07. The molecule has 0 N–H and O–H groups in total. The second-order valence-corrected chi connectivity index (χ2v) is 30.2. The normalized spacial score (nSPS) is 23.8. The van der Waals surface area contributed by atoms with E-state index < -0.39 is 20.0 Å². The molecule has 0 aromatic heterocycles. The molecular formula is C38H38Hf. The molecule has 1 heteroatoms. The number of allylic oxidation sites excluding steroid dienone is 2. The summed E-state index contributed by atoms with van der Waals surface area (Å²) in [5, 5.41) is 0. The van der Waals surface area contributed by atoms with Gasteiger partial charge in [-0.3, -0.25) is 0 Å². The third-order valence-corrected chi connectivity index (χ3v) is 25.5. The van der Waals surface area contributed by atoms with Crippen molar-refractivity contribution < 1.29 is 20.0 Å². The van der Waals surface area contributed by atoms with Crippen molar-refractivity contribution >= 4 is 12.2 Å². The molecule has 1 heterocycles. The molecular weight excluding hydrogens is 635 g/mol. The molecule has 4 aromatic carbocycles. The summed E-state index contributed by atoms with van der Waals surface area (Å²) in [4.78, 5) is 0. The maximum absolute atomic E-state index is 3.01. The van der Waals surface area contributed by atoms with Crippen LogP contribution in [0.1, 0.15) is 61.0 Å². The molecule has 2 atom stereocenters. The Morgan fingerprint density at radius 1 is 0.615 bits per heavy atom. The molecule has 2 unspecified atom stereocenters. The molecule has 0 saturated carbocycles. The summed E-state index contributed by atoms with van der Waals surface area (Å²) in [6, 6.07) is 32.5. The van der Waals surface area contributed by atoms with Crippen molar-refractivity contribution in [1.29, 1.82) is 0 Å². The van der Waals surface area contributed by atoms with Crippen LogP contribution in [0.5, 0.6) is 0 Å². The number of aryl methyl sites for hydroxylation is 2. The zero-order valence-electron chi connectivity index (χ0n) is 24.1. The van der Waals surface area contributed by atoms with Gasteiger partial charge in [0.15, 0.2) is 0 Å². The molecule has 0 radical (unpaired) electrons. The van der Waals surface area contributed by atoms with Gasteiger partial charge in [-0.2, -0.15) is 0 Å². The maximum atomic E-state index is 2.75. The van der Waals surface area contributed by atoms with Gasteiger partial charge in [0.25, 0.3) is 0 Å². The van der Waals surface area contributed by atoms with Gasteiger partial charge in [-0.05, 0) is 0 Å². The van der Waals surface area contributed by atoms with Crippen molar-refractivity contribution in [3.05, 3.63) is 129 Å². The van der Waals surface area contributed by atoms with E-state index in [0.717, 1.165) is 6.42 Å². The fourth-order valence-corrected chi connectivity index (χ4v) is 25.5. The number of hydrogen-bond donors (Lipinski definition) is 0. The van der Waals surface area contributed by atoms with E-state index >= 15 is 0 Å². The van der Waals surface area contributed by atoms with Gasteiger partial charge in [0.05, 0.1) is 0 Å². The van der Waals surface area contributed by atoms with E-state index in [0.29, 0.717) is 7.35 Å². The van der Waals surface area contributed by atoms with E-state index in [2.05, 4.69) is 134 Å². The second-order valence-electron chi connectivity index (χ2n) is 12.9. The minimum atomic E-state index is -3.01. The fraction of sp³-hybridized carbons (Fsp3) is 0.263. The van der Waals surface area contributed by atoms with E-state index in [1.807, 2.05) is 0 Å². The van der Waals surface area contributed by atoms with Crippen LogP contribution in [0.4, 0.5) is 0 Å². The molecule has 1 fully saturated rings. The van der Waals surface area contributed by atoms with Crippen molar-refractivity contribution in [1.82, 2.24) is 0 Å². The predicted molar refractivity (Wildman–Crippen MR) is 165 cm³/mol. The van der Waals surface area contributed by atoms with Gasteiger partial charge in [-0.15, -0.1) is 0 Å². The van der Waals surface area contributed by atoms with Crippen LogP contribution < -0.4 is 0 Å². The first-order valence-electron chi connectivity index (χ1n) is 14.6. The number of benzene rings is 4. The number of fused-ring (bicyclic) bond motifs is 6. The SMILES string of the molecule is CCC1(C)C2=Cc3c(-c4ccc(C)cc4)cccc3[CH]2[Hf]([CH3])([CH3])[CH]2C1=Cc1c(-c3ccc(C)cc3)cccc12. The van der Waals surface area contributed by atoms with Crippen LogP contribution in [0.2, 0.25) is 9.36 Å². The first-order valence-corrected chi connectivity index (χ1v) is 25.9. The Kier molecular flexibility index (Phi) is 5.73. The van der Waals surface area contributed by atoms with E-state index in [-0.39, 0.29) is 5.41 Å². The molecule has 0 amide bonds. The number of rotatable bonds is 3. The van der Waals surface area contributed by atoms with Gasteiger partial charge < -0.3 is 0 Å². The van der Waals surface area contributed by atoms with Gasteiger partial charge in [-0.1, -0.05) is 0 Å². The molecule has 1 aliphatic heterocycles. The average Bonchev–Trinajstić information content (AvgIpc) is 3.54. The summed E-state index contributed by atoms with van der Waals surface area (Å²) in [5.41, 5.74) is 17.8. The van der Waals surface area contributed by atoms with Crippen LogP contribution in [-0.2, 0) is 20.0 Å². The molecule has 194 valence electrons. The third kappa shape index (κ3) is 3.58. The molecule has 7 rings (SSSR count). The Labute approximate surface area is 238 Å². The van der Waals surface area contributed by atoms with Crippen LogP contribution in [-0.4, -0.2) is 0 Å². The summed E-state index contributed by atoms with van der Waals surface area (Å²) in [6.45, 7) is 9.32. The van der Waals surface area contributed by atoms with Crippen molar-refractivity contribution in [3.8, 4) is 22.3 Å². The predicted octanol–water partition coefficient (Wildman–Crippen LogP) is 10.9. The van der Waals surface area contributed by atoms with E-state index in [9.17, 15) is 0 Å². The van der Waals surface area contributed by atoms with Crippen LogP contribution in [0.15, 0.2) is 96.1 Å². The molecule has 1 saturated heterocycles. The van der Waals surface area contributed by atoms with Crippen molar-refractivity contribution in [2.75, 3.05) is 0 Å². The van der Waals surface area contributed by atoms with Crippen molar-refractivity contribution in [2.24, 2.45) is 5.41 Å². The van der Waals surface area contributed by atoms with Gasteiger partial charge in [-0.25, -0.2) is 0 Å². The topological polar surface area (TPSA) is 0 Å². The Morgan fingerprint density at radius 3 is 1.41 bits per heavy atom. The summed E-state index contributed by atoms with van der Waals surface area (Å²) in [7, 11) is 0. The van der Waals surface area contributed by atoms with Gasteiger partial charge in [0.1, 0.15) is 0 Å². The van der Waals surface area contributed by atoms with Crippen LogP contribution in [0.25, 0.3) is 34.4 Å². The second kappa shape index (κ2) is 8.87. The number of hydrogen-bond acceptors (Lipinski definition) is 0. The monoisotopic (exact) mass is 674 g/mol. The quantitative estimate of drug-likeness (QED) is 0.190. The molecule has 2 aliphatic carbocycles. The zero-order chi connectivity index (χ0) is 27.1. The van der Waals surface area contributed by atoms with Crippen LogP contribution >= 0.6 is 0 Å². The van der Waals surface area contributed by atoms with E-state index in [1.54, 1.807) is 22.3 Å². The van der Waals surface area contributed by atoms with Crippen LogP contribution in [0, 0.1) is 19.3 Å². The Bertz CT molecular complexity index is 1560. The Balaban J connectivity index is 1.44. The molecule has 4 aromatic rings. The summed E-state index contributed by atoms with van der Waals surface area (Å²) < 4.78 is 6.75. The molecule has 39 heavy (non-hydrogen) atoms. The first kappa shape index (κ1) is 25.2. The van der Waals surface area contributed by atoms with Crippen molar-refractivity contribution in [3.63, 3.8) is 0 Å². The third-order valence-electron chi connectivity index (χ3n) is 10.3. The van der Waals surface area contributed by atoms with Gasteiger partial charge in [0.2, 0.25) is 0 Å². The summed E-state index contributed by atoms with van der Waals surface area (Å²) in [5.74, 6) is 0. The van der Waals surface area contributed by atoms with E-state index in [4.69, 9.17) is 0 Å². The van der Waals surface area contributed by atoms with Gasteiger partial charge in [0, 0.05) is 0 Å². The summed E-state index contributed by atoms with van der Waals surface area (Å²) >= 11 is -3.01. The standard InChI is InChI=1S/C36H32.2CH3.Hf/c1-5-36(4,30-20-28-8-6-10-32(34(28)22-30)26-16-12-24(2)13-17-26)31-21-29-9-7-11-33(35(29)23-31)27-18-14-25(3)15-19-27;;;/h6-23H,5H2,1-4H3;2*1H3;. The molecule has 0 bridgehead atoms. The summed E-state index contributed by atoms with van der Waals surface area (Å²) in [6.07, 6.45) is 6.42. The van der Waals surface area contributed by atoms with Crippen molar-refractivity contribution in [2.45, 2.75) is 50.8 Å². The van der Waals surface area contributed by atoms with E-state index in [1.165, 1.54) is 44.5 Å². The Hall–Kier alpha value is -2.77. The molecule has 0 nitrogen and oxygen atoms in total.